The van der Waals surface area contributed by atoms with Gasteiger partial charge in [0.15, 0.2) is 0 Å². The number of likely N-dealkylation sites (tertiary alicyclic amines) is 1. The van der Waals surface area contributed by atoms with Gasteiger partial charge in [-0.3, -0.25) is 0 Å². The highest BCUT2D eigenvalue weighted by Crippen LogP contribution is 2.18. The summed E-state index contributed by atoms with van der Waals surface area (Å²) in [6.45, 7) is 4.42. The van der Waals surface area contributed by atoms with Crippen LogP contribution in [0.15, 0.2) is 0 Å². The summed E-state index contributed by atoms with van der Waals surface area (Å²) in [6, 6.07) is 0.226. The van der Waals surface area contributed by atoms with Crippen molar-refractivity contribution in [2.75, 3.05) is 26.2 Å². The zero-order chi connectivity index (χ0) is 10.6. The van der Waals surface area contributed by atoms with Gasteiger partial charge >= 0.3 is 0 Å². The molecule has 3 unspecified atom stereocenters. The van der Waals surface area contributed by atoms with Crippen LogP contribution < -0.4 is 5.73 Å². The van der Waals surface area contributed by atoms with Gasteiger partial charge in [0.2, 0.25) is 0 Å². The highest BCUT2D eigenvalue weighted by Gasteiger charge is 2.23. The normalized spacial score (nSPS) is 28.7. The van der Waals surface area contributed by atoms with Crippen LogP contribution in [-0.2, 0) is 0 Å². The molecule has 0 aromatic rings. The molecule has 1 aliphatic rings. The zero-order valence-corrected chi connectivity index (χ0v) is 8.89. The molecule has 0 aromatic carbocycles. The van der Waals surface area contributed by atoms with E-state index >= 15 is 0 Å². The average molecular weight is 202 g/mol. The van der Waals surface area contributed by atoms with Crippen LogP contribution in [0.4, 0.5) is 0 Å². The van der Waals surface area contributed by atoms with Crippen molar-refractivity contribution in [2.24, 2.45) is 11.7 Å². The standard InChI is InChI=1S/C10H22N2O2/c1-8(11)9-3-2-4-12(5-9)6-10(14)7-13/h8-10,13-14H,2-7,11H2,1H3. The number of β-amino-alcohol motifs (C(OH)–C–C–N with tert-alkyl or cyclic N) is 1. The Morgan fingerprint density at radius 2 is 2.29 bits per heavy atom. The summed E-state index contributed by atoms with van der Waals surface area (Å²) >= 11 is 0. The fourth-order valence-electron chi connectivity index (χ4n) is 2.04. The molecule has 1 fully saturated rings. The van der Waals surface area contributed by atoms with E-state index in [2.05, 4.69) is 4.90 Å². The summed E-state index contributed by atoms with van der Waals surface area (Å²) in [6.07, 6.45) is 1.72. The van der Waals surface area contributed by atoms with E-state index in [0.29, 0.717) is 12.5 Å². The van der Waals surface area contributed by atoms with Crippen LogP contribution in [0.3, 0.4) is 0 Å². The minimum Gasteiger partial charge on any atom is -0.394 e. The van der Waals surface area contributed by atoms with E-state index in [0.717, 1.165) is 19.5 Å². The van der Waals surface area contributed by atoms with Gasteiger partial charge in [0.1, 0.15) is 0 Å². The van der Waals surface area contributed by atoms with Gasteiger partial charge in [-0.15, -0.1) is 0 Å². The van der Waals surface area contributed by atoms with Gasteiger partial charge in [-0.1, -0.05) is 0 Å². The smallest absolute Gasteiger partial charge is 0.0897 e. The number of hydrogen-bond donors (Lipinski definition) is 3. The third-order valence-corrected chi connectivity index (χ3v) is 2.97. The summed E-state index contributed by atoms with van der Waals surface area (Å²) in [5.74, 6) is 0.537. The van der Waals surface area contributed by atoms with Crippen molar-refractivity contribution >= 4 is 0 Å². The Bertz CT molecular complexity index is 164. The van der Waals surface area contributed by atoms with Crippen molar-refractivity contribution < 1.29 is 10.2 Å². The fourth-order valence-corrected chi connectivity index (χ4v) is 2.04. The Balaban J connectivity index is 2.32. The van der Waals surface area contributed by atoms with E-state index < -0.39 is 6.10 Å². The van der Waals surface area contributed by atoms with Crippen LogP contribution in [0.5, 0.6) is 0 Å². The maximum atomic E-state index is 9.31. The summed E-state index contributed by atoms with van der Waals surface area (Å²) in [7, 11) is 0. The number of piperidine rings is 1. The Hall–Kier alpha value is -0.160. The molecule has 0 spiro atoms. The van der Waals surface area contributed by atoms with Crippen LogP contribution >= 0.6 is 0 Å². The molecule has 0 saturated carbocycles. The minimum absolute atomic E-state index is 0.153. The molecule has 14 heavy (non-hydrogen) atoms. The summed E-state index contributed by atoms with van der Waals surface area (Å²) in [5.41, 5.74) is 5.85. The third-order valence-electron chi connectivity index (χ3n) is 2.97. The highest BCUT2D eigenvalue weighted by atomic mass is 16.3. The number of rotatable bonds is 4. The van der Waals surface area contributed by atoms with Crippen LogP contribution in [-0.4, -0.2) is 53.5 Å². The molecule has 1 rings (SSSR count). The van der Waals surface area contributed by atoms with Crippen molar-refractivity contribution in [1.29, 1.82) is 0 Å². The molecule has 0 aliphatic carbocycles. The summed E-state index contributed by atoms with van der Waals surface area (Å²) in [4.78, 5) is 2.19. The number of nitrogens with zero attached hydrogens (tertiary/aromatic N) is 1. The van der Waals surface area contributed by atoms with E-state index in [1.54, 1.807) is 0 Å². The third kappa shape index (κ3) is 3.53. The number of aliphatic hydroxyl groups is 2. The van der Waals surface area contributed by atoms with Crippen molar-refractivity contribution in [3.63, 3.8) is 0 Å². The highest BCUT2D eigenvalue weighted by molar-refractivity contribution is 4.79. The van der Waals surface area contributed by atoms with Gasteiger partial charge in [0, 0.05) is 19.1 Å². The maximum absolute atomic E-state index is 9.31. The second kappa shape index (κ2) is 5.66. The molecular formula is C10H22N2O2. The van der Waals surface area contributed by atoms with Crippen LogP contribution in [0.1, 0.15) is 19.8 Å². The number of aliphatic hydroxyl groups excluding tert-OH is 2. The molecule has 0 radical (unpaired) electrons. The Kier molecular flexibility index (Phi) is 4.81. The van der Waals surface area contributed by atoms with Crippen LogP contribution in [0, 0.1) is 5.92 Å². The quantitative estimate of drug-likeness (QED) is 0.569. The van der Waals surface area contributed by atoms with Gasteiger partial charge in [0.25, 0.3) is 0 Å². The molecule has 0 bridgehead atoms. The Morgan fingerprint density at radius 3 is 2.86 bits per heavy atom. The summed E-state index contributed by atoms with van der Waals surface area (Å²) < 4.78 is 0. The average Bonchev–Trinajstić information content (AvgIpc) is 2.18. The van der Waals surface area contributed by atoms with Crippen molar-refractivity contribution in [3.05, 3.63) is 0 Å². The predicted molar refractivity (Wildman–Crippen MR) is 55.9 cm³/mol. The lowest BCUT2D eigenvalue weighted by molar-refractivity contribution is 0.0424. The minimum atomic E-state index is -0.609. The van der Waals surface area contributed by atoms with Gasteiger partial charge in [-0.25, -0.2) is 0 Å². The largest absolute Gasteiger partial charge is 0.394 e. The van der Waals surface area contributed by atoms with E-state index in [4.69, 9.17) is 10.8 Å². The topological polar surface area (TPSA) is 69.7 Å². The molecule has 0 amide bonds. The molecule has 0 aromatic heterocycles. The number of nitrogens with two attached hydrogens (primary N) is 1. The molecule has 4 nitrogen and oxygen atoms in total. The molecule has 4 N–H and O–H groups in total. The molecule has 1 aliphatic heterocycles. The molecular weight excluding hydrogens is 180 g/mol. The van der Waals surface area contributed by atoms with Gasteiger partial charge in [0.05, 0.1) is 12.7 Å². The lowest BCUT2D eigenvalue weighted by Crippen LogP contribution is -2.45. The van der Waals surface area contributed by atoms with Crippen LogP contribution in [0.2, 0.25) is 0 Å². The van der Waals surface area contributed by atoms with Crippen molar-refractivity contribution in [1.82, 2.24) is 4.90 Å². The lowest BCUT2D eigenvalue weighted by atomic mass is 9.92. The first kappa shape index (κ1) is 11.9. The second-order valence-electron chi connectivity index (χ2n) is 4.36. The second-order valence-corrected chi connectivity index (χ2v) is 4.36. The molecule has 3 atom stereocenters. The van der Waals surface area contributed by atoms with E-state index in [-0.39, 0.29) is 12.6 Å². The van der Waals surface area contributed by atoms with Crippen LogP contribution in [0.25, 0.3) is 0 Å². The monoisotopic (exact) mass is 202 g/mol. The van der Waals surface area contributed by atoms with E-state index in [1.165, 1.54) is 6.42 Å². The molecule has 84 valence electrons. The van der Waals surface area contributed by atoms with Gasteiger partial charge in [-0.05, 0) is 32.2 Å². The van der Waals surface area contributed by atoms with E-state index in [9.17, 15) is 5.11 Å². The van der Waals surface area contributed by atoms with Crippen molar-refractivity contribution in [2.45, 2.75) is 31.9 Å². The first-order valence-corrected chi connectivity index (χ1v) is 5.40. The first-order valence-electron chi connectivity index (χ1n) is 5.40. The lowest BCUT2D eigenvalue weighted by Gasteiger charge is -2.35. The Morgan fingerprint density at radius 1 is 1.57 bits per heavy atom. The Labute approximate surface area is 85.7 Å². The predicted octanol–water partition coefficient (Wildman–Crippen LogP) is -0.601. The molecule has 1 heterocycles. The number of hydrogen-bond acceptors (Lipinski definition) is 4. The fraction of sp³-hybridized carbons (Fsp3) is 1.00. The summed E-state index contributed by atoms with van der Waals surface area (Å²) in [5, 5.41) is 18.1. The van der Waals surface area contributed by atoms with Gasteiger partial charge in [-0.2, -0.15) is 0 Å². The zero-order valence-electron chi connectivity index (χ0n) is 8.89. The molecule has 4 heteroatoms. The maximum Gasteiger partial charge on any atom is 0.0897 e. The van der Waals surface area contributed by atoms with Crippen molar-refractivity contribution in [3.8, 4) is 0 Å². The SMILES string of the molecule is CC(N)C1CCCN(CC(O)CO)C1. The van der Waals surface area contributed by atoms with Gasteiger partial charge < -0.3 is 20.8 Å². The first-order chi connectivity index (χ1) is 6.63. The van der Waals surface area contributed by atoms with E-state index in [1.807, 2.05) is 6.92 Å². The molecule has 1 saturated heterocycles.